The molecule has 1 heterocycles. The Morgan fingerprint density at radius 1 is 1.20 bits per heavy atom. The topological polar surface area (TPSA) is 20.3 Å². The van der Waals surface area contributed by atoms with Crippen LogP contribution < -0.4 is 4.90 Å². The summed E-state index contributed by atoms with van der Waals surface area (Å²) in [7, 11) is 0. The Bertz CT molecular complexity index is 654. The molecule has 1 amide bonds. The molecule has 2 aromatic rings. The molecule has 1 aliphatic heterocycles. The lowest BCUT2D eigenvalue weighted by Crippen LogP contribution is -2.28. The summed E-state index contributed by atoms with van der Waals surface area (Å²) < 4.78 is 13.3. The number of amides is 1. The average molecular weight is 290 g/mol. The first kappa shape index (κ1) is 13.1. The fourth-order valence-corrected chi connectivity index (χ4v) is 2.63. The van der Waals surface area contributed by atoms with Crippen LogP contribution in [0.2, 0.25) is 0 Å². The normalized spacial score (nSPS) is 13.4. The van der Waals surface area contributed by atoms with E-state index in [1.54, 1.807) is 23.1 Å². The molecule has 0 saturated carbocycles. The molecule has 0 radical (unpaired) electrons. The van der Waals surface area contributed by atoms with E-state index in [9.17, 15) is 9.18 Å². The van der Waals surface area contributed by atoms with Crippen molar-refractivity contribution in [1.29, 1.82) is 0 Å². The van der Waals surface area contributed by atoms with Crippen molar-refractivity contribution in [3.63, 3.8) is 0 Å². The van der Waals surface area contributed by atoms with Gasteiger partial charge in [-0.2, -0.15) is 0 Å². The van der Waals surface area contributed by atoms with Gasteiger partial charge in [-0.05, 0) is 41.8 Å². The fourth-order valence-electron chi connectivity index (χ4n) is 2.46. The Hall–Kier alpha value is -1.87. The summed E-state index contributed by atoms with van der Waals surface area (Å²) in [6.45, 7) is 0.592. The monoisotopic (exact) mass is 289 g/mol. The third kappa shape index (κ3) is 2.29. The maximum absolute atomic E-state index is 13.3. The summed E-state index contributed by atoms with van der Waals surface area (Å²) in [6.07, 6.45) is 0.765. The van der Waals surface area contributed by atoms with Crippen molar-refractivity contribution in [2.24, 2.45) is 0 Å². The van der Waals surface area contributed by atoms with E-state index in [2.05, 4.69) is 0 Å². The highest BCUT2D eigenvalue weighted by Crippen LogP contribution is 2.30. The van der Waals surface area contributed by atoms with E-state index in [-0.39, 0.29) is 11.7 Å². The zero-order valence-electron chi connectivity index (χ0n) is 10.8. The number of carbonyl (C=O) groups excluding carboxylic acids is 1. The van der Waals surface area contributed by atoms with Gasteiger partial charge in [0, 0.05) is 18.0 Å². The Kier molecular flexibility index (Phi) is 3.45. The first-order valence-electron chi connectivity index (χ1n) is 6.44. The van der Waals surface area contributed by atoms with Crippen LogP contribution in [0.5, 0.6) is 0 Å². The van der Waals surface area contributed by atoms with E-state index in [1.165, 1.54) is 12.1 Å². The fraction of sp³-hybridized carbons (Fsp3) is 0.188. The molecule has 0 saturated heterocycles. The zero-order valence-corrected chi connectivity index (χ0v) is 11.5. The van der Waals surface area contributed by atoms with E-state index in [4.69, 9.17) is 11.6 Å². The maximum atomic E-state index is 13.3. The molecule has 20 heavy (non-hydrogen) atoms. The van der Waals surface area contributed by atoms with Gasteiger partial charge in [-0.15, -0.1) is 11.6 Å². The highest BCUT2D eigenvalue weighted by molar-refractivity contribution is 6.17. The van der Waals surface area contributed by atoms with Crippen LogP contribution >= 0.6 is 11.6 Å². The minimum absolute atomic E-state index is 0.101. The van der Waals surface area contributed by atoms with Gasteiger partial charge >= 0.3 is 0 Å². The Labute approximate surface area is 121 Å². The molecule has 0 N–H and O–H groups in total. The van der Waals surface area contributed by atoms with E-state index in [0.717, 1.165) is 17.5 Å². The number of nitrogens with zero attached hydrogens (tertiary/aromatic N) is 1. The number of fused-ring (bicyclic) bond motifs is 1. The number of hydrogen-bond acceptors (Lipinski definition) is 1. The second-order valence-corrected chi connectivity index (χ2v) is 5.08. The molecule has 1 aliphatic rings. The average Bonchev–Trinajstić information content (AvgIpc) is 2.89. The van der Waals surface area contributed by atoms with Crippen LogP contribution in [0.1, 0.15) is 21.5 Å². The molecule has 0 aromatic heterocycles. The summed E-state index contributed by atoms with van der Waals surface area (Å²) in [6, 6.07) is 11.8. The molecule has 0 bridgehead atoms. The molecular weight excluding hydrogens is 277 g/mol. The van der Waals surface area contributed by atoms with Crippen molar-refractivity contribution in [1.82, 2.24) is 0 Å². The maximum Gasteiger partial charge on any atom is 0.258 e. The van der Waals surface area contributed by atoms with Crippen molar-refractivity contribution >= 4 is 23.2 Å². The van der Waals surface area contributed by atoms with Crippen LogP contribution in [0.3, 0.4) is 0 Å². The molecule has 0 aliphatic carbocycles. The molecule has 0 spiro atoms. The Morgan fingerprint density at radius 3 is 2.65 bits per heavy atom. The van der Waals surface area contributed by atoms with Crippen molar-refractivity contribution in [2.75, 3.05) is 11.4 Å². The lowest BCUT2D eigenvalue weighted by molar-refractivity contribution is 0.0989. The lowest BCUT2D eigenvalue weighted by Gasteiger charge is -2.17. The second kappa shape index (κ2) is 5.25. The Morgan fingerprint density at radius 2 is 1.95 bits per heavy atom. The highest BCUT2D eigenvalue weighted by atomic mass is 35.5. The van der Waals surface area contributed by atoms with Crippen LogP contribution in [0, 0.1) is 5.82 Å². The van der Waals surface area contributed by atoms with E-state index >= 15 is 0 Å². The summed E-state index contributed by atoms with van der Waals surface area (Å²) in [5, 5.41) is 0. The molecule has 2 aromatic carbocycles. The number of benzene rings is 2. The van der Waals surface area contributed by atoms with Crippen LogP contribution in [0.15, 0.2) is 42.5 Å². The molecule has 0 fully saturated rings. The minimum Gasteiger partial charge on any atom is -0.308 e. The number of halogens is 2. The quantitative estimate of drug-likeness (QED) is 0.771. The van der Waals surface area contributed by atoms with Gasteiger partial charge in [0.2, 0.25) is 0 Å². The summed E-state index contributed by atoms with van der Waals surface area (Å²) in [5.41, 5.74) is 3.25. The van der Waals surface area contributed by atoms with Crippen LogP contribution in [-0.2, 0) is 12.3 Å². The van der Waals surface area contributed by atoms with Crippen molar-refractivity contribution in [2.45, 2.75) is 12.3 Å². The van der Waals surface area contributed by atoms with Crippen LogP contribution in [-0.4, -0.2) is 12.5 Å². The minimum atomic E-state index is -0.319. The molecule has 102 valence electrons. The third-order valence-electron chi connectivity index (χ3n) is 3.54. The predicted octanol–water partition coefficient (Wildman–Crippen LogP) is 3.77. The number of anilines is 1. The van der Waals surface area contributed by atoms with Crippen molar-refractivity contribution in [3.8, 4) is 0 Å². The second-order valence-electron chi connectivity index (χ2n) is 4.81. The van der Waals surface area contributed by atoms with Gasteiger partial charge in [-0.1, -0.05) is 18.2 Å². The van der Waals surface area contributed by atoms with Crippen molar-refractivity contribution in [3.05, 3.63) is 65.0 Å². The third-order valence-corrected chi connectivity index (χ3v) is 3.85. The van der Waals surface area contributed by atoms with Gasteiger partial charge in [0.1, 0.15) is 5.82 Å². The zero-order chi connectivity index (χ0) is 14.1. The SMILES string of the molecule is O=C(c1ccc(CCl)cc1)N1CCc2ccc(F)cc21. The van der Waals surface area contributed by atoms with Gasteiger partial charge in [0.25, 0.3) is 5.91 Å². The standard InChI is InChI=1S/C16H13ClFNO/c17-10-11-1-3-13(4-2-11)16(20)19-8-7-12-5-6-14(18)9-15(12)19/h1-6,9H,7-8,10H2. The number of hydrogen-bond donors (Lipinski definition) is 0. The summed E-state index contributed by atoms with van der Waals surface area (Å²) in [5.74, 6) is 0.00286. The summed E-state index contributed by atoms with van der Waals surface area (Å²) >= 11 is 5.73. The van der Waals surface area contributed by atoms with Gasteiger partial charge in [0.05, 0.1) is 5.69 Å². The first-order chi connectivity index (χ1) is 9.69. The molecule has 0 atom stereocenters. The van der Waals surface area contributed by atoms with Gasteiger partial charge < -0.3 is 4.90 Å². The Balaban J connectivity index is 1.91. The molecule has 2 nitrogen and oxygen atoms in total. The van der Waals surface area contributed by atoms with E-state index < -0.39 is 0 Å². The molecule has 4 heteroatoms. The van der Waals surface area contributed by atoms with Crippen molar-refractivity contribution < 1.29 is 9.18 Å². The largest absolute Gasteiger partial charge is 0.308 e. The predicted molar refractivity (Wildman–Crippen MR) is 77.8 cm³/mol. The van der Waals surface area contributed by atoms with E-state index in [0.29, 0.717) is 23.7 Å². The molecule has 3 rings (SSSR count). The van der Waals surface area contributed by atoms with E-state index in [1.807, 2.05) is 12.1 Å². The van der Waals surface area contributed by atoms with Gasteiger partial charge in [-0.25, -0.2) is 4.39 Å². The molecular formula is C16H13ClFNO. The highest BCUT2D eigenvalue weighted by Gasteiger charge is 2.25. The smallest absolute Gasteiger partial charge is 0.258 e. The lowest BCUT2D eigenvalue weighted by atomic mass is 10.1. The first-order valence-corrected chi connectivity index (χ1v) is 6.97. The van der Waals surface area contributed by atoms with Crippen LogP contribution in [0.4, 0.5) is 10.1 Å². The summed E-state index contributed by atoms with van der Waals surface area (Å²) in [4.78, 5) is 14.1. The van der Waals surface area contributed by atoms with Gasteiger partial charge in [0.15, 0.2) is 0 Å². The number of carbonyl (C=O) groups is 1. The van der Waals surface area contributed by atoms with Crippen LogP contribution in [0.25, 0.3) is 0 Å². The number of rotatable bonds is 2. The number of alkyl halides is 1. The molecule has 0 unspecified atom stereocenters. The van der Waals surface area contributed by atoms with Gasteiger partial charge in [-0.3, -0.25) is 4.79 Å².